The van der Waals surface area contributed by atoms with Gasteiger partial charge in [-0.2, -0.15) is 0 Å². The van der Waals surface area contributed by atoms with Crippen molar-refractivity contribution in [2.45, 2.75) is 0 Å². The molecule has 2 aromatic rings. The van der Waals surface area contributed by atoms with Crippen LogP contribution in [0, 0.1) is 3.57 Å². The highest BCUT2D eigenvalue weighted by atomic mass is 127. The van der Waals surface area contributed by atoms with Crippen LogP contribution in [0.4, 0.5) is 0 Å². The summed E-state index contributed by atoms with van der Waals surface area (Å²) in [7, 11) is 0. The summed E-state index contributed by atoms with van der Waals surface area (Å²) < 4.78 is 6.26. The number of aliphatic imine (C=N–C) groups is 1. The molecule has 0 aliphatic carbocycles. The predicted molar refractivity (Wildman–Crippen MR) is 91.2 cm³/mol. The third-order valence-corrected chi connectivity index (χ3v) is 4.14. The number of carbonyl (C=O) groups excluding carboxylic acids is 1. The standard InChI is InChI=1S/C16H9ClINO2/c17-12-7-5-10(6-8-12)15-19-14(16(20)21-15)9-11-3-1-2-4-13(11)18/h1-9H. The largest absolute Gasteiger partial charge is 0.402 e. The highest BCUT2D eigenvalue weighted by Crippen LogP contribution is 2.22. The van der Waals surface area contributed by atoms with E-state index >= 15 is 0 Å². The quantitative estimate of drug-likeness (QED) is 0.422. The Balaban J connectivity index is 1.96. The molecule has 21 heavy (non-hydrogen) atoms. The van der Waals surface area contributed by atoms with E-state index in [2.05, 4.69) is 27.6 Å². The van der Waals surface area contributed by atoms with Crippen LogP contribution in [0.5, 0.6) is 0 Å². The van der Waals surface area contributed by atoms with Crippen LogP contribution in [0.25, 0.3) is 6.08 Å². The summed E-state index contributed by atoms with van der Waals surface area (Å²) in [4.78, 5) is 16.2. The zero-order chi connectivity index (χ0) is 14.8. The van der Waals surface area contributed by atoms with Gasteiger partial charge in [0.1, 0.15) is 0 Å². The van der Waals surface area contributed by atoms with E-state index in [9.17, 15) is 4.79 Å². The number of hydrogen-bond acceptors (Lipinski definition) is 3. The Kier molecular flexibility index (Phi) is 4.07. The summed E-state index contributed by atoms with van der Waals surface area (Å²) in [5.74, 6) is -0.145. The van der Waals surface area contributed by atoms with Crippen LogP contribution >= 0.6 is 34.2 Å². The molecular weight excluding hydrogens is 401 g/mol. The molecule has 0 amide bonds. The number of ether oxygens (including phenoxy) is 1. The topological polar surface area (TPSA) is 38.7 Å². The fraction of sp³-hybridized carbons (Fsp3) is 0. The molecule has 1 aliphatic rings. The summed E-state index contributed by atoms with van der Waals surface area (Å²) >= 11 is 8.06. The van der Waals surface area contributed by atoms with Crippen molar-refractivity contribution in [1.82, 2.24) is 0 Å². The van der Waals surface area contributed by atoms with Crippen LogP contribution in [0.3, 0.4) is 0 Å². The lowest BCUT2D eigenvalue weighted by atomic mass is 10.2. The molecule has 104 valence electrons. The SMILES string of the molecule is O=C1OC(c2ccc(Cl)cc2)=NC1=Cc1ccccc1I. The first-order valence-corrected chi connectivity index (χ1v) is 7.62. The van der Waals surface area contributed by atoms with Gasteiger partial charge < -0.3 is 4.74 Å². The number of cyclic esters (lactones) is 1. The van der Waals surface area contributed by atoms with E-state index in [0.717, 1.165) is 14.7 Å². The molecule has 0 N–H and O–H groups in total. The molecule has 0 saturated carbocycles. The van der Waals surface area contributed by atoms with Gasteiger partial charge in [-0.15, -0.1) is 0 Å². The Morgan fingerprint density at radius 3 is 2.52 bits per heavy atom. The fourth-order valence-corrected chi connectivity index (χ4v) is 2.53. The Hall–Kier alpha value is -1.66. The van der Waals surface area contributed by atoms with E-state index in [4.69, 9.17) is 16.3 Å². The summed E-state index contributed by atoms with van der Waals surface area (Å²) in [5, 5.41) is 0.623. The lowest BCUT2D eigenvalue weighted by molar-refractivity contribution is -0.129. The number of esters is 1. The minimum absolute atomic E-state index is 0.295. The molecule has 5 heteroatoms. The molecule has 0 atom stereocenters. The molecular formula is C16H9ClINO2. The van der Waals surface area contributed by atoms with E-state index < -0.39 is 5.97 Å². The lowest BCUT2D eigenvalue weighted by Gasteiger charge is -1.98. The number of nitrogens with zero attached hydrogens (tertiary/aromatic N) is 1. The highest BCUT2D eigenvalue weighted by Gasteiger charge is 2.24. The van der Waals surface area contributed by atoms with Crippen LogP contribution in [-0.2, 0) is 9.53 Å². The highest BCUT2D eigenvalue weighted by molar-refractivity contribution is 14.1. The van der Waals surface area contributed by atoms with E-state index in [-0.39, 0.29) is 0 Å². The Bertz CT molecular complexity index is 766. The van der Waals surface area contributed by atoms with Crippen LogP contribution in [0.15, 0.2) is 59.2 Å². The second kappa shape index (κ2) is 5.99. The summed E-state index contributed by atoms with van der Waals surface area (Å²) in [6.07, 6.45) is 1.73. The van der Waals surface area contributed by atoms with Gasteiger partial charge in [0.2, 0.25) is 5.90 Å². The van der Waals surface area contributed by atoms with Crippen molar-refractivity contribution in [2.75, 3.05) is 0 Å². The minimum atomic E-state index is -0.445. The second-order valence-corrected chi connectivity index (χ2v) is 5.96. The van der Waals surface area contributed by atoms with Gasteiger partial charge in [0.15, 0.2) is 5.70 Å². The van der Waals surface area contributed by atoms with E-state index in [1.165, 1.54) is 0 Å². The molecule has 1 aliphatic heterocycles. The average Bonchev–Trinajstić information content (AvgIpc) is 2.83. The summed E-state index contributed by atoms with van der Waals surface area (Å²) in [6, 6.07) is 14.8. The molecule has 0 spiro atoms. The Morgan fingerprint density at radius 1 is 1.10 bits per heavy atom. The van der Waals surface area contributed by atoms with Gasteiger partial charge in [-0.3, -0.25) is 0 Å². The van der Waals surface area contributed by atoms with Gasteiger partial charge in [-0.25, -0.2) is 9.79 Å². The molecule has 3 rings (SSSR count). The van der Waals surface area contributed by atoms with Crippen molar-refractivity contribution >= 4 is 52.1 Å². The average molecular weight is 410 g/mol. The van der Waals surface area contributed by atoms with Gasteiger partial charge >= 0.3 is 5.97 Å². The van der Waals surface area contributed by atoms with Gasteiger partial charge in [0.25, 0.3) is 0 Å². The summed E-state index contributed by atoms with van der Waals surface area (Å²) in [6.45, 7) is 0. The number of rotatable bonds is 2. The lowest BCUT2D eigenvalue weighted by Crippen LogP contribution is -2.05. The summed E-state index contributed by atoms with van der Waals surface area (Å²) in [5.41, 5.74) is 1.95. The number of hydrogen-bond donors (Lipinski definition) is 0. The van der Waals surface area contributed by atoms with Crippen molar-refractivity contribution in [3.8, 4) is 0 Å². The van der Waals surface area contributed by atoms with E-state index in [1.54, 1.807) is 30.3 Å². The molecule has 2 aromatic carbocycles. The van der Waals surface area contributed by atoms with Crippen LogP contribution in [-0.4, -0.2) is 11.9 Å². The number of carbonyl (C=O) groups is 1. The van der Waals surface area contributed by atoms with E-state index in [1.807, 2.05) is 24.3 Å². The zero-order valence-electron chi connectivity index (χ0n) is 10.7. The number of halogens is 2. The maximum Gasteiger partial charge on any atom is 0.363 e. The van der Waals surface area contributed by atoms with Crippen LogP contribution in [0.2, 0.25) is 5.02 Å². The fourth-order valence-electron chi connectivity index (χ4n) is 1.86. The first-order valence-electron chi connectivity index (χ1n) is 6.16. The second-order valence-electron chi connectivity index (χ2n) is 4.36. The maximum absolute atomic E-state index is 11.9. The molecule has 0 saturated heterocycles. The van der Waals surface area contributed by atoms with Crippen molar-refractivity contribution in [1.29, 1.82) is 0 Å². The smallest absolute Gasteiger partial charge is 0.363 e. The van der Waals surface area contributed by atoms with Crippen molar-refractivity contribution in [3.05, 3.63) is 73.9 Å². The molecule has 0 aromatic heterocycles. The maximum atomic E-state index is 11.9. The molecule has 0 radical (unpaired) electrons. The van der Waals surface area contributed by atoms with Crippen LogP contribution < -0.4 is 0 Å². The predicted octanol–water partition coefficient (Wildman–Crippen LogP) is 4.29. The Morgan fingerprint density at radius 2 is 1.81 bits per heavy atom. The van der Waals surface area contributed by atoms with Crippen molar-refractivity contribution in [3.63, 3.8) is 0 Å². The van der Waals surface area contributed by atoms with Gasteiger partial charge in [-0.1, -0.05) is 29.8 Å². The third kappa shape index (κ3) is 3.16. The molecule has 0 fully saturated rings. The first-order chi connectivity index (χ1) is 10.1. The van der Waals surface area contributed by atoms with Gasteiger partial charge in [0.05, 0.1) is 0 Å². The minimum Gasteiger partial charge on any atom is -0.402 e. The van der Waals surface area contributed by atoms with Gasteiger partial charge in [0, 0.05) is 14.2 Å². The van der Waals surface area contributed by atoms with Crippen molar-refractivity contribution in [2.24, 2.45) is 4.99 Å². The molecule has 3 nitrogen and oxygen atoms in total. The van der Waals surface area contributed by atoms with Crippen LogP contribution in [0.1, 0.15) is 11.1 Å². The van der Waals surface area contributed by atoms with Crippen molar-refractivity contribution < 1.29 is 9.53 Å². The Labute approximate surface area is 140 Å². The zero-order valence-corrected chi connectivity index (χ0v) is 13.6. The van der Waals surface area contributed by atoms with Gasteiger partial charge in [-0.05, 0) is 64.6 Å². The monoisotopic (exact) mass is 409 g/mol. The molecule has 0 unspecified atom stereocenters. The third-order valence-electron chi connectivity index (χ3n) is 2.91. The van der Waals surface area contributed by atoms with E-state index in [0.29, 0.717) is 16.6 Å². The molecule has 0 bridgehead atoms. The number of benzene rings is 2. The first kappa shape index (κ1) is 14.3. The normalized spacial score (nSPS) is 16.0. The molecule has 1 heterocycles.